The van der Waals surface area contributed by atoms with Gasteiger partial charge >= 0.3 is 11.9 Å². The molecule has 7 heteroatoms. The summed E-state index contributed by atoms with van der Waals surface area (Å²) in [5.74, 6) is 0.386. The first-order chi connectivity index (χ1) is 17.1. The van der Waals surface area contributed by atoms with Crippen LogP contribution in [0.2, 0.25) is 18.1 Å². The van der Waals surface area contributed by atoms with Gasteiger partial charge in [-0.25, -0.2) is 0 Å². The molecule has 1 heterocycles. The minimum absolute atomic E-state index is 0.0153. The number of aliphatic hydroxyl groups excluding tert-OH is 1. The van der Waals surface area contributed by atoms with Crippen molar-refractivity contribution in [3.63, 3.8) is 0 Å². The zero-order valence-corrected chi connectivity index (χ0v) is 25.7. The Balaban J connectivity index is 1.74. The lowest BCUT2D eigenvalue weighted by atomic mass is 9.61. The van der Waals surface area contributed by atoms with Crippen LogP contribution in [0.1, 0.15) is 93.4 Å². The molecule has 1 saturated heterocycles. The molecule has 37 heavy (non-hydrogen) atoms. The molecule has 2 fully saturated rings. The zero-order chi connectivity index (χ0) is 27.7. The third-order valence-corrected chi connectivity index (χ3v) is 14.2. The first kappa shape index (κ1) is 30.4. The van der Waals surface area contributed by atoms with Crippen molar-refractivity contribution in [2.24, 2.45) is 29.6 Å². The summed E-state index contributed by atoms with van der Waals surface area (Å²) in [6.07, 6.45) is 6.20. The van der Waals surface area contributed by atoms with E-state index in [1.165, 1.54) is 0 Å². The molecule has 9 atom stereocenters. The minimum Gasteiger partial charge on any atom is -0.462 e. The third kappa shape index (κ3) is 7.27. The van der Waals surface area contributed by atoms with E-state index in [2.05, 4.69) is 53.8 Å². The van der Waals surface area contributed by atoms with Crippen LogP contribution in [0.5, 0.6) is 0 Å². The van der Waals surface area contributed by atoms with Crippen LogP contribution in [0.15, 0.2) is 11.6 Å². The predicted molar refractivity (Wildman–Crippen MR) is 148 cm³/mol. The van der Waals surface area contributed by atoms with E-state index in [1.54, 1.807) is 0 Å². The molecule has 0 aromatic rings. The molecule has 0 aromatic heterocycles. The Bertz CT molecular complexity index is 845. The fourth-order valence-electron chi connectivity index (χ4n) is 6.21. The van der Waals surface area contributed by atoms with Crippen molar-refractivity contribution in [2.75, 3.05) is 0 Å². The number of cyclic esters (lactones) is 1. The zero-order valence-electron chi connectivity index (χ0n) is 24.7. The molecule has 0 amide bonds. The van der Waals surface area contributed by atoms with Gasteiger partial charge in [0.05, 0.1) is 24.5 Å². The van der Waals surface area contributed by atoms with E-state index in [0.29, 0.717) is 12.8 Å². The van der Waals surface area contributed by atoms with Gasteiger partial charge in [0.2, 0.25) is 0 Å². The summed E-state index contributed by atoms with van der Waals surface area (Å²) in [4.78, 5) is 25.3. The van der Waals surface area contributed by atoms with E-state index in [4.69, 9.17) is 13.9 Å². The molecule has 3 rings (SSSR count). The van der Waals surface area contributed by atoms with Crippen LogP contribution in [0.25, 0.3) is 0 Å². The summed E-state index contributed by atoms with van der Waals surface area (Å²) in [5.41, 5.74) is 1.04. The van der Waals surface area contributed by atoms with Crippen molar-refractivity contribution in [1.82, 2.24) is 0 Å². The van der Waals surface area contributed by atoms with Gasteiger partial charge in [0.1, 0.15) is 12.2 Å². The molecule has 0 aromatic carbocycles. The summed E-state index contributed by atoms with van der Waals surface area (Å²) in [5, 5.41) is 11.1. The van der Waals surface area contributed by atoms with Crippen LogP contribution < -0.4 is 0 Å². The number of allylic oxidation sites excluding steroid dienone is 1. The van der Waals surface area contributed by atoms with Crippen molar-refractivity contribution in [2.45, 2.75) is 136 Å². The van der Waals surface area contributed by atoms with Crippen molar-refractivity contribution in [1.29, 1.82) is 0 Å². The van der Waals surface area contributed by atoms with Crippen LogP contribution in [-0.4, -0.2) is 49.8 Å². The molecule has 6 nitrogen and oxygen atoms in total. The maximum Gasteiger partial charge on any atom is 0.308 e. The molecule has 1 saturated carbocycles. The number of hydrogen-bond acceptors (Lipinski definition) is 6. The topological polar surface area (TPSA) is 82.1 Å². The maximum atomic E-state index is 12.8. The lowest BCUT2D eigenvalue weighted by Crippen LogP contribution is -2.48. The second-order valence-electron chi connectivity index (χ2n) is 13.7. The summed E-state index contributed by atoms with van der Waals surface area (Å²) in [6, 6.07) is 0. The van der Waals surface area contributed by atoms with E-state index in [-0.39, 0.29) is 64.9 Å². The Kier molecular flexibility index (Phi) is 9.77. The van der Waals surface area contributed by atoms with Gasteiger partial charge < -0.3 is 19.0 Å². The number of aliphatic hydroxyl groups is 1. The summed E-state index contributed by atoms with van der Waals surface area (Å²) in [7, 11) is -1.98. The first-order valence-electron chi connectivity index (χ1n) is 14.6. The van der Waals surface area contributed by atoms with Crippen molar-refractivity contribution < 1.29 is 28.6 Å². The normalized spacial score (nSPS) is 35.7. The van der Waals surface area contributed by atoms with E-state index in [0.717, 1.165) is 37.7 Å². The molecule has 0 unspecified atom stereocenters. The van der Waals surface area contributed by atoms with E-state index in [1.807, 2.05) is 13.8 Å². The van der Waals surface area contributed by atoms with E-state index in [9.17, 15) is 14.7 Å². The molecule has 1 N–H and O–H groups in total. The molecule has 3 aliphatic rings. The lowest BCUT2D eigenvalue weighted by Gasteiger charge is -2.48. The highest BCUT2D eigenvalue weighted by Gasteiger charge is 2.47. The average molecular weight is 537 g/mol. The molecule has 0 spiro atoms. The van der Waals surface area contributed by atoms with Crippen molar-refractivity contribution in [3.8, 4) is 0 Å². The van der Waals surface area contributed by atoms with E-state index < -0.39 is 14.4 Å². The lowest BCUT2D eigenvalue weighted by molar-refractivity contribution is -0.163. The van der Waals surface area contributed by atoms with Gasteiger partial charge in [-0.2, -0.15) is 0 Å². The van der Waals surface area contributed by atoms with Crippen LogP contribution in [0, 0.1) is 29.6 Å². The van der Waals surface area contributed by atoms with Gasteiger partial charge in [-0.1, -0.05) is 54.5 Å². The summed E-state index contributed by atoms with van der Waals surface area (Å²) < 4.78 is 18.5. The number of ether oxygens (including phenoxy) is 2. The highest BCUT2D eigenvalue weighted by molar-refractivity contribution is 6.74. The van der Waals surface area contributed by atoms with Crippen LogP contribution in [0.4, 0.5) is 0 Å². The number of esters is 2. The molecular weight excluding hydrogens is 484 g/mol. The predicted octanol–water partition coefficient (Wildman–Crippen LogP) is 6.42. The second kappa shape index (κ2) is 11.9. The molecule has 0 radical (unpaired) electrons. The fourth-order valence-corrected chi connectivity index (χ4v) is 7.58. The fraction of sp³-hybridized carbons (Fsp3) is 0.867. The monoisotopic (exact) mass is 536 g/mol. The van der Waals surface area contributed by atoms with Gasteiger partial charge in [-0.3, -0.25) is 9.59 Å². The summed E-state index contributed by atoms with van der Waals surface area (Å²) >= 11 is 0. The summed E-state index contributed by atoms with van der Waals surface area (Å²) in [6.45, 7) is 19.4. The molecule has 2 aliphatic carbocycles. The number of fused-ring (bicyclic) bond motifs is 1. The van der Waals surface area contributed by atoms with Gasteiger partial charge in [0.25, 0.3) is 0 Å². The number of hydrogen-bond donors (Lipinski definition) is 1. The average Bonchev–Trinajstić information content (AvgIpc) is 2.77. The van der Waals surface area contributed by atoms with Gasteiger partial charge in [0.15, 0.2) is 8.32 Å². The maximum absolute atomic E-state index is 12.8. The molecule has 0 bridgehead atoms. The van der Waals surface area contributed by atoms with Crippen LogP contribution >= 0.6 is 0 Å². The first-order valence-corrected chi connectivity index (χ1v) is 17.5. The highest BCUT2D eigenvalue weighted by Crippen LogP contribution is 2.48. The van der Waals surface area contributed by atoms with Crippen molar-refractivity contribution in [3.05, 3.63) is 11.6 Å². The number of carbonyl (C=O) groups excluding carboxylic acids is 2. The van der Waals surface area contributed by atoms with Crippen molar-refractivity contribution >= 4 is 20.3 Å². The second-order valence-corrected chi connectivity index (χ2v) is 18.5. The highest BCUT2D eigenvalue weighted by atomic mass is 28.4. The Morgan fingerprint density at radius 3 is 2.49 bits per heavy atom. The number of carbonyl (C=O) groups is 2. The van der Waals surface area contributed by atoms with Gasteiger partial charge in [0, 0.05) is 12.3 Å². The van der Waals surface area contributed by atoms with Crippen LogP contribution in [-0.2, 0) is 23.5 Å². The van der Waals surface area contributed by atoms with E-state index >= 15 is 0 Å². The SMILES string of the molecule is CC[C@H](C)C(=O)O[C@H]1C[C@@H](C)C=C2[C@H]1[C@@H](CC[C@@H]1C[C@@H](O[Si](C)(C)C(C)(C)C)CC(=O)O1)[C@@H](C)C[C@@H]2O. The minimum atomic E-state index is -1.98. The van der Waals surface area contributed by atoms with Gasteiger partial charge in [-0.05, 0) is 73.6 Å². The van der Waals surface area contributed by atoms with Crippen LogP contribution in [0.3, 0.4) is 0 Å². The Morgan fingerprint density at radius 1 is 1.19 bits per heavy atom. The third-order valence-electron chi connectivity index (χ3n) is 9.63. The Morgan fingerprint density at radius 2 is 1.86 bits per heavy atom. The quantitative estimate of drug-likeness (QED) is 0.219. The Labute approximate surface area is 226 Å². The van der Waals surface area contributed by atoms with Gasteiger partial charge in [-0.15, -0.1) is 0 Å². The molecule has 212 valence electrons. The largest absolute Gasteiger partial charge is 0.462 e. The Hall–Kier alpha value is -1.18. The smallest absolute Gasteiger partial charge is 0.308 e. The molecular formula is C30H52O6Si. The number of rotatable bonds is 8. The standard InChI is InChI=1S/C30H52O6Si/c1-10-19(3)29(33)35-26-14-18(2)13-24-25(31)15-20(4)23(28(24)26)12-11-21-16-22(17-27(32)34-21)36-37(8,9)30(5,6)7/h13,18-23,25-26,28,31H,10-12,14-17H2,1-9H3/t18-,19-,20-,21+,22+,23-,25-,26-,28+/m0/s1. The molecule has 1 aliphatic heterocycles.